The summed E-state index contributed by atoms with van der Waals surface area (Å²) in [6.45, 7) is 1.10. The van der Waals surface area contributed by atoms with E-state index < -0.39 is 75.6 Å². The zero-order valence-electron chi connectivity index (χ0n) is 21.4. The lowest BCUT2D eigenvalue weighted by molar-refractivity contribution is -0.331. The van der Waals surface area contributed by atoms with Crippen molar-refractivity contribution in [3.05, 3.63) is 0 Å². The second-order valence-electron chi connectivity index (χ2n) is 9.44. The highest BCUT2D eigenvalue weighted by atomic mass is 31.2. The molecule has 15 nitrogen and oxygen atoms in total. The highest BCUT2D eigenvalue weighted by Crippen LogP contribution is 2.36. The Kier molecular flexibility index (Phi) is 15.0. The first kappa shape index (κ1) is 33.9. The predicted octanol–water partition coefficient (Wildman–Crippen LogP) is -2.57. The molecule has 2 fully saturated rings. The second-order valence-corrected chi connectivity index (χ2v) is 11.3. The van der Waals surface area contributed by atoms with Crippen LogP contribution < -0.4 is 0 Å². The molecule has 0 aromatic rings. The van der Waals surface area contributed by atoms with Gasteiger partial charge in [-0.15, -0.1) is 0 Å². The molecule has 2 heterocycles. The van der Waals surface area contributed by atoms with Crippen LogP contribution in [0.4, 0.5) is 0 Å². The molecule has 38 heavy (non-hydrogen) atoms. The van der Waals surface area contributed by atoms with E-state index in [1.165, 1.54) is 0 Å². The van der Waals surface area contributed by atoms with Crippen LogP contribution in [0.25, 0.3) is 0 Å². The van der Waals surface area contributed by atoms with Gasteiger partial charge < -0.3 is 68.8 Å². The van der Waals surface area contributed by atoms with Crippen LogP contribution >= 0.6 is 7.60 Å². The Hall–Kier alpha value is -0.330. The molecule has 2 rings (SSSR count). The van der Waals surface area contributed by atoms with Crippen LogP contribution in [0.15, 0.2) is 0 Å². The Balaban J connectivity index is 1.81. The lowest BCUT2D eigenvalue weighted by Crippen LogP contribution is -2.61. The van der Waals surface area contributed by atoms with Gasteiger partial charge in [0.2, 0.25) is 0 Å². The van der Waals surface area contributed by atoms with Crippen molar-refractivity contribution in [1.82, 2.24) is 0 Å². The molecule has 2 aliphatic heterocycles. The maximum Gasteiger partial charge on any atom is 0.325 e. The molecular weight excluding hydrogens is 535 g/mol. The molecule has 11 atom stereocenters. The molecule has 0 bridgehead atoms. The first-order chi connectivity index (χ1) is 18.0. The molecule has 0 saturated carbocycles. The average molecular weight is 579 g/mol. The van der Waals surface area contributed by atoms with Gasteiger partial charge in [0, 0.05) is 26.5 Å². The Morgan fingerprint density at radius 1 is 0.658 bits per heavy atom. The van der Waals surface area contributed by atoms with Crippen LogP contribution in [-0.4, -0.2) is 148 Å². The minimum Gasteiger partial charge on any atom is -0.396 e. The van der Waals surface area contributed by atoms with Gasteiger partial charge in [-0.1, -0.05) is 0 Å². The lowest BCUT2D eigenvalue weighted by Gasteiger charge is -2.43. The fraction of sp³-hybridized carbons (Fsp3) is 1.00. The smallest absolute Gasteiger partial charge is 0.325 e. The third kappa shape index (κ3) is 10.9. The van der Waals surface area contributed by atoms with E-state index in [0.717, 1.165) is 6.66 Å². The molecule has 0 amide bonds. The summed E-state index contributed by atoms with van der Waals surface area (Å²) < 4.78 is 43.4. The zero-order chi connectivity index (χ0) is 28.3. The first-order valence-electron chi connectivity index (χ1n) is 12.7. The van der Waals surface area contributed by atoms with Crippen LogP contribution in [0, 0.1) is 0 Å². The van der Waals surface area contributed by atoms with Crippen molar-refractivity contribution in [1.29, 1.82) is 0 Å². The van der Waals surface area contributed by atoms with Gasteiger partial charge in [0.15, 0.2) is 12.6 Å². The number of aliphatic hydroxyl groups is 7. The number of ether oxygens (including phenoxy) is 5. The van der Waals surface area contributed by atoms with Gasteiger partial charge >= 0.3 is 7.60 Å². The van der Waals surface area contributed by atoms with Crippen molar-refractivity contribution in [2.24, 2.45) is 0 Å². The highest BCUT2D eigenvalue weighted by Gasteiger charge is 2.47. The maximum absolute atomic E-state index is 11.1. The molecule has 2 aliphatic rings. The maximum atomic E-state index is 11.1. The summed E-state index contributed by atoms with van der Waals surface area (Å²) in [5, 5.41) is 70.2. The van der Waals surface area contributed by atoms with Gasteiger partial charge in [-0.25, -0.2) is 0 Å². The van der Waals surface area contributed by atoms with Crippen molar-refractivity contribution in [2.75, 3.05) is 46.3 Å². The Morgan fingerprint density at radius 2 is 1.18 bits per heavy atom. The van der Waals surface area contributed by atoms with Crippen molar-refractivity contribution >= 4 is 7.60 Å². The molecule has 226 valence electrons. The van der Waals surface area contributed by atoms with Crippen molar-refractivity contribution in [2.45, 2.75) is 93.5 Å². The second kappa shape index (κ2) is 16.8. The molecule has 0 radical (unpaired) electrons. The third-order valence-electron chi connectivity index (χ3n) is 6.14. The minimum atomic E-state index is -3.52. The summed E-state index contributed by atoms with van der Waals surface area (Å²) in [5.74, 6) is 0. The van der Waals surface area contributed by atoms with E-state index in [1.54, 1.807) is 0 Å². The van der Waals surface area contributed by atoms with Crippen molar-refractivity contribution in [3.8, 4) is 0 Å². The standard InChI is InChI=1S/C22H43O15P/c1-38(30,31)35-10-5-2-4-9-33-21-19(28)18(27)16(25)14(37-21)12-34-22-20(29)17(26)15(24)13(36-22)11-32-8-6-3-7-23/h13-29H,2-12H2,1H3,(H,30,31). The van der Waals surface area contributed by atoms with Crippen LogP contribution in [0.5, 0.6) is 0 Å². The number of rotatable bonds is 17. The topological polar surface area (TPSA) is 234 Å². The summed E-state index contributed by atoms with van der Waals surface area (Å²) in [7, 11) is -3.52. The molecule has 8 N–H and O–H groups in total. The Morgan fingerprint density at radius 3 is 1.76 bits per heavy atom. The fourth-order valence-corrected chi connectivity index (χ4v) is 4.37. The summed E-state index contributed by atoms with van der Waals surface area (Å²) in [6.07, 6.45) is -11.6. The van der Waals surface area contributed by atoms with Crippen molar-refractivity contribution in [3.63, 3.8) is 0 Å². The van der Waals surface area contributed by atoms with Crippen LogP contribution in [-0.2, 0) is 32.8 Å². The first-order valence-corrected chi connectivity index (χ1v) is 14.7. The Bertz CT molecular complexity index is 696. The SMILES string of the molecule is CP(=O)(O)OCCCCCOC1OC(COC2OC(COCCCCO)C(O)C(O)C2O)C(O)C(O)C1O. The van der Waals surface area contributed by atoms with Gasteiger partial charge in [-0.3, -0.25) is 4.57 Å². The van der Waals surface area contributed by atoms with Crippen molar-refractivity contribution < 1.29 is 73.4 Å². The van der Waals surface area contributed by atoms with Gasteiger partial charge in [0.1, 0.15) is 48.8 Å². The van der Waals surface area contributed by atoms with Crippen LogP contribution in [0.3, 0.4) is 0 Å². The molecule has 0 aliphatic carbocycles. The van der Waals surface area contributed by atoms with E-state index in [9.17, 15) is 35.2 Å². The predicted molar refractivity (Wildman–Crippen MR) is 128 cm³/mol. The summed E-state index contributed by atoms with van der Waals surface area (Å²) in [5.41, 5.74) is 0. The lowest BCUT2D eigenvalue weighted by atomic mass is 9.98. The normalized spacial score (nSPS) is 37.7. The van der Waals surface area contributed by atoms with E-state index in [4.69, 9.17) is 38.2 Å². The molecule has 16 heteroatoms. The van der Waals surface area contributed by atoms with Crippen LogP contribution in [0.2, 0.25) is 0 Å². The van der Waals surface area contributed by atoms with E-state index in [-0.39, 0.29) is 33.0 Å². The number of unbranched alkanes of at least 4 members (excludes halogenated alkanes) is 3. The van der Waals surface area contributed by atoms with Gasteiger partial charge in [-0.05, 0) is 32.1 Å². The average Bonchev–Trinajstić information content (AvgIpc) is 2.87. The molecule has 0 aromatic carbocycles. The molecule has 2 saturated heterocycles. The van der Waals surface area contributed by atoms with E-state index in [2.05, 4.69) is 0 Å². The van der Waals surface area contributed by atoms with E-state index in [1.807, 2.05) is 0 Å². The molecule has 0 spiro atoms. The molecule has 11 unspecified atom stereocenters. The van der Waals surface area contributed by atoms with Gasteiger partial charge in [0.05, 0.1) is 19.8 Å². The molecular formula is C22H43O15P. The zero-order valence-corrected chi connectivity index (χ0v) is 22.3. The third-order valence-corrected chi connectivity index (χ3v) is 6.80. The number of aliphatic hydroxyl groups excluding tert-OH is 7. The van der Waals surface area contributed by atoms with E-state index >= 15 is 0 Å². The van der Waals surface area contributed by atoms with Gasteiger partial charge in [-0.2, -0.15) is 0 Å². The fourth-order valence-electron chi connectivity index (χ4n) is 3.90. The summed E-state index contributed by atoms with van der Waals surface area (Å²) in [6, 6.07) is 0. The van der Waals surface area contributed by atoms with Crippen LogP contribution in [0.1, 0.15) is 32.1 Å². The quantitative estimate of drug-likeness (QED) is 0.0654. The monoisotopic (exact) mass is 578 g/mol. The molecule has 0 aromatic heterocycles. The summed E-state index contributed by atoms with van der Waals surface area (Å²) in [4.78, 5) is 9.08. The van der Waals surface area contributed by atoms with E-state index in [0.29, 0.717) is 32.1 Å². The number of hydrogen-bond acceptors (Lipinski definition) is 14. The van der Waals surface area contributed by atoms with Gasteiger partial charge in [0.25, 0.3) is 0 Å². The minimum absolute atomic E-state index is 0.0182. The highest BCUT2D eigenvalue weighted by molar-refractivity contribution is 7.51. The Labute approximate surface area is 221 Å². The largest absolute Gasteiger partial charge is 0.396 e. The number of hydrogen-bond donors (Lipinski definition) is 8. The summed E-state index contributed by atoms with van der Waals surface area (Å²) >= 11 is 0.